The maximum atomic E-state index is 16.8. The first-order valence-corrected chi connectivity index (χ1v) is 18.7. The van der Waals surface area contributed by atoms with Gasteiger partial charge in [0.1, 0.15) is 35.8 Å². The summed E-state index contributed by atoms with van der Waals surface area (Å²) >= 11 is 0. The summed E-state index contributed by atoms with van der Waals surface area (Å²) in [4.78, 5) is 22.2. The molecule has 1 N–H and O–H groups in total. The van der Waals surface area contributed by atoms with E-state index < -0.39 is 26.9 Å². The van der Waals surface area contributed by atoms with Crippen molar-refractivity contribution in [2.24, 2.45) is 0 Å². The second kappa shape index (κ2) is 12.2. The Morgan fingerprint density at radius 1 is 1.04 bits per heavy atom. The van der Waals surface area contributed by atoms with Crippen LogP contribution in [-0.2, 0) is 10.0 Å². The largest absolute Gasteiger partial charge is 0.462 e. The van der Waals surface area contributed by atoms with Crippen LogP contribution < -0.4 is 15.0 Å². The molecule has 6 heterocycles. The molecule has 1 saturated carbocycles. The molecule has 4 fully saturated rings. The number of likely N-dealkylation sites (N-methyl/N-ethyl adjacent to an activating group) is 1. The summed E-state index contributed by atoms with van der Waals surface area (Å²) in [7, 11) is -1.93. The zero-order valence-corrected chi connectivity index (χ0v) is 28.7. The second-order valence-electron chi connectivity index (χ2n) is 14.1. The first-order chi connectivity index (χ1) is 24.7. The van der Waals surface area contributed by atoms with Gasteiger partial charge in [-0.1, -0.05) is 30.2 Å². The summed E-state index contributed by atoms with van der Waals surface area (Å²) < 4.78 is 65.9. The highest BCUT2D eigenvalue weighted by molar-refractivity contribution is 7.90. The fourth-order valence-corrected chi connectivity index (χ4v) is 9.42. The van der Waals surface area contributed by atoms with E-state index in [9.17, 15) is 12.8 Å². The van der Waals surface area contributed by atoms with Crippen molar-refractivity contribution >= 4 is 37.5 Å². The molecule has 262 valence electrons. The van der Waals surface area contributed by atoms with E-state index in [4.69, 9.17) is 16.1 Å². The summed E-state index contributed by atoms with van der Waals surface area (Å²) in [5.41, 5.74) is 0.368. The van der Waals surface area contributed by atoms with Crippen molar-refractivity contribution in [2.45, 2.75) is 61.4 Å². The van der Waals surface area contributed by atoms with Crippen LogP contribution in [0, 0.1) is 24.0 Å². The number of rotatable bonds is 8. The predicted octanol–water partition coefficient (Wildman–Crippen LogP) is 3.84. The van der Waals surface area contributed by atoms with Gasteiger partial charge in [0.2, 0.25) is 0 Å². The molecule has 3 saturated heterocycles. The molecule has 2 aromatic carbocycles. The number of halogens is 2. The van der Waals surface area contributed by atoms with Crippen molar-refractivity contribution in [2.75, 3.05) is 38.2 Å². The maximum Gasteiger partial charge on any atom is 0.319 e. The van der Waals surface area contributed by atoms with Crippen LogP contribution in [0.3, 0.4) is 0 Å². The third-order valence-electron chi connectivity index (χ3n) is 10.7. The highest BCUT2D eigenvalue weighted by Crippen LogP contribution is 2.39. The number of likely N-dealkylation sites (tertiary alicyclic amines) is 1. The van der Waals surface area contributed by atoms with Crippen molar-refractivity contribution in [3.05, 3.63) is 65.9 Å². The summed E-state index contributed by atoms with van der Waals surface area (Å²) in [5, 5.41) is 8.64. The van der Waals surface area contributed by atoms with Crippen molar-refractivity contribution in [1.82, 2.24) is 39.3 Å². The Hall–Kier alpha value is -4.78. The van der Waals surface area contributed by atoms with Gasteiger partial charge >= 0.3 is 6.01 Å². The van der Waals surface area contributed by atoms with E-state index in [1.807, 2.05) is 11.9 Å². The summed E-state index contributed by atoms with van der Waals surface area (Å²) in [6.07, 6.45) is 12.9. The van der Waals surface area contributed by atoms with Gasteiger partial charge in [-0.2, -0.15) is 9.97 Å². The van der Waals surface area contributed by atoms with Crippen LogP contribution >= 0.6 is 0 Å². The Bertz CT molecular complexity index is 2350. The number of hydrogen-bond donors (Lipinski definition) is 1. The molecule has 0 amide bonds. The zero-order chi connectivity index (χ0) is 35.0. The molecule has 51 heavy (non-hydrogen) atoms. The van der Waals surface area contributed by atoms with Crippen LogP contribution in [0.2, 0.25) is 0 Å². The number of hydrogen-bond acceptors (Lipinski definition) is 11. The SMILES string of the molecule is C#Cc1c(F)ccc2cccc(-c3ncc4c(N5C[C@H]6CC[C@@H](C5)N6)nc(OC[C@@H]5C[C@@H](S(=O)(=O)n6cnc(C7CC7)n6)CN5C)nc4c3F)c12. The Morgan fingerprint density at radius 3 is 2.61 bits per heavy atom. The molecular formula is C36H35F2N9O3S. The second-order valence-corrected chi connectivity index (χ2v) is 16.2. The minimum Gasteiger partial charge on any atom is -0.462 e. The molecule has 4 aliphatic rings. The average Bonchev–Trinajstić information content (AvgIpc) is 3.56. The monoisotopic (exact) mass is 711 g/mol. The third-order valence-corrected chi connectivity index (χ3v) is 12.6. The lowest BCUT2D eigenvalue weighted by Gasteiger charge is -2.34. The minimum absolute atomic E-state index is 0.0134. The molecule has 0 spiro atoms. The summed E-state index contributed by atoms with van der Waals surface area (Å²) in [5.74, 6) is 2.46. The van der Waals surface area contributed by atoms with Crippen LogP contribution in [0.5, 0.6) is 6.01 Å². The van der Waals surface area contributed by atoms with Crippen LogP contribution in [0.15, 0.2) is 42.9 Å². The minimum atomic E-state index is -3.78. The maximum absolute atomic E-state index is 16.8. The summed E-state index contributed by atoms with van der Waals surface area (Å²) in [6.45, 7) is 1.72. The fraction of sp³-hybridized carbons (Fsp3) is 0.417. The molecule has 4 atom stereocenters. The van der Waals surface area contributed by atoms with Crippen LogP contribution in [0.25, 0.3) is 32.9 Å². The Kier molecular flexibility index (Phi) is 7.68. The van der Waals surface area contributed by atoms with Gasteiger partial charge in [-0.3, -0.25) is 9.88 Å². The predicted molar refractivity (Wildman–Crippen MR) is 187 cm³/mol. The Morgan fingerprint density at radius 2 is 1.84 bits per heavy atom. The molecule has 3 aliphatic heterocycles. The Labute approximate surface area is 293 Å². The molecule has 0 radical (unpaired) electrons. The normalized spacial score (nSPS) is 23.7. The molecule has 0 unspecified atom stereocenters. The first-order valence-electron chi connectivity index (χ1n) is 17.2. The van der Waals surface area contributed by atoms with Gasteiger partial charge in [0.15, 0.2) is 11.6 Å². The van der Waals surface area contributed by atoms with Crippen molar-refractivity contribution in [1.29, 1.82) is 0 Å². The lowest BCUT2D eigenvalue weighted by molar-refractivity contribution is 0.188. The number of aromatic nitrogens is 6. The number of anilines is 1. The number of benzene rings is 2. The number of pyridine rings is 1. The lowest BCUT2D eigenvalue weighted by Crippen LogP contribution is -2.51. The molecule has 12 nitrogen and oxygen atoms in total. The van der Waals surface area contributed by atoms with Gasteiger partial charge in [-0.15, -0.1) is 15.6 Å². The van der Waals surface area contributed by atoms with Gasteiger partial charge in [0, 0.05) is 60.8 Å². The van der Waals surface area contributed by atoms with Crippen LogP contribution in [-0.4, -0.2) is 99.1 Å². The van der Waals surface area contributed by atoms with Gasteiger partial charge < -0.3 is 15.0 Å². The van der Waals surface area contributed by atoms with Gasteiger partial charge in [0.25, 0.3) is 10.0 Å². The van der Waals surface area contributed by atoms with E-state index in [0.717, 1.165) is 29.8 Å². The zero-order valence-electron chi connectivity index (χ0n) is 27.8. The summed E-state index contributed by atoms with van der Waals surface area (Å²) in [6, 6.07) is 8.35. The molecule has 9 rings (SSSR count). The van der Waals surface area contributed by atoms with Crippen molar-refractivity contribution in [3.8, 4) is 29.6 Å². The van der Waals surface area contributed by atoms with Gasteiger partial charge in [0.05, 0.1) is 16.2 Å². The number of piperazine rings is 1. The number of ether oxygens (including phenoxy) is 1. The molecule has 3 aromatic heterocycles. The van der Waals surface area contributed by atoms with Crippen molar-refractivity contribution in [3.63, 3.8) is 0 Å². The van der Waals surface area contributed by atoms with E-state index in [0.29, 0.717) is 52.9 Å². The number of fused-ring (bicyclic) bond motifs is 4. The number of terminal acetylenes is 1. The van der Waals surface area contributed by atoms with E-state index >= 15 is 4.39 Å². The topological polar surface area (TPSA) is 131 Å². The van der Waals surface area contributed by atoms with E-state index in [1.165, 1.54) is 12.4 Å². The van der Waals surface area contributed by atoms with E-state index in [2.05, 4.69) is 36.2 Å². The van der Waals surface area contributed by atoms with E-state index in [-0.39, 0.29) is 60.0 Å². The Balaban J connectivity index is 1.06. The quantitative estimate of drug-likeness (QED) is 0.236. The third kappa shape index (κ3) is 5.56. The number of nitrogens with one attached hydrogen (secondary N) is 1. The fourth-order valence-electron chi connectivity index (χ4n) is 7.85. The highest BCUT2D eigenvalue weighted by atomic mass is 32.2. The number of nitrogens with zero attached hydrogens (tertiary/aromatic N) is 8. The smallest absolute Gasteiger partial charge is 0.319 e. The highest BCUT2D eigenvalue weighted by Gasteiger charge is 2.41. The average molecular weight is 712 g/mol. The lowest BCUT2D eigenvalue weighted by atomic mass is 9.96. The molecule has 5 aromatic rings. The first kappa shape index (κ1) is 32.1. The standard InChI is InChI=1S/C36H35F2N9O3S/c1-3-26-29(37)12-9-20-5-4-6-27(30(20)26)32-31(38)33-28(14-39-32)35(46-15-22-10-11-23(16-46)41-22)43-36(42-33)50-18-24-13-25(17-45(24)2)51(48,49)47-19-40-34(44-47)21-7-8-21/h1,4-6,9,12,14,19,21-25,41H,7-8,10-11,13,15-18H2,2H3/t22-,23+,24-,25+/m0/s1. The van der Waals surface area contributed by atoms with Crippen molar-refractivity contribution < 1.29 is 21.9 Å². The van der Waals surface area contributed by atoms with Crippen LogP contribution in [0.4, 0.5) is 14.6 Å². The van der Waals surface area contributed by atoms with Gasteiger partial charge in [-0.25, -0.2) is 22.2 Å². The van der Waals surface area contributed by atoms with Crippen LogP contribution in [0.1, 0.15) is 49.4 Å². The van der Waals surface area contributed by atoms with Gasteiger partial charge in [-0.05, 0) is 50.6 Å². The van der Waals surface area contributed by atoms with E-state index in [1.54, 1.807) is 30.5 Å². The molecule has 2 bridgehead atoms. The molecule has 15 heteroatoms. The molecule has 1 aliphatic carbocycles. The molecular weight excluding hydrogens is 677 g/mol.